The van der Waals surface area contributed by atoms with Gasteiger partial charge in [-0.25, -0.2) is 4.18 Å². The van der Waals surface area contributed by atoms with Crippen LogP contribution in [0.5, 0.6) is 0 Å². The molecular weight excluding hydrogens is 608 g/mol. The first-order chi connectivity index (χ1) is 20.8. The highest BCUT2D eigenvalue weighted by Gasteiger charge is 2.70. The lowest BCUT2D eigenvalue weighted by molar-refractivity contribution is -0.287. The molecule has 1 heterocycles. The molecule has 0 aromatic carbocycles. The van der Waals surface area contributed by atoms with Crippen LogP contribution in [0.2, 0.25) is 0 Å². The minimum atomic E-state index is -4.61. The molecule has 45 heavy (non-hydrogen) atoms. The molecule has 7 N–H and O–H groups in total. The smallest absolute Gasteiger partial charge is 0.393 e. The fourth-order valence-electron chi connectivity index (χ4n) is 10.9. The number of aliphatic hydroxyl groups excluding tert-OH is 5. The van der Waals surface area contributed by atoms with E-state index in [0.29, 0.717) is 25.7 Å². The summed E-state index contributed by atoms with van der Waals surface area (Å²) in [6.07, 6.45) is -2.73. The lowest BCUT2D eigenvalue weighted by Gasteiger charge is -2.66. The number of rotatable bonds is 9. The summed E-state index contributed by atoms with van der Waals surface area (Å²) in [7, 11) is -4.61. The van der Waals surface area contributed by atoms with E-state index in [1.54, 1.807) is 0 Å². The Morgan fingerprint density at radius 3 is 2.20 bits per heavy atom. The number of ether oxygens (including phenoxy) is 2. The predicted octanol–water partition coefficient (Wildman–Crippen LogP) is 1.79. The molecule has 262 valence electrons. The van der Waals surface area contributed by atoms with Crippen LogP contribution in [0.15, 0.2) is 0 Å². The summed E-state index contributed by atoms with van der Waals surface area (Å²) in [6.45, 7) is 10.3. The van der Waals surface area contributed by atoms with Gasteiger partial charge < -0.3 is 40.1 Å². The Hall–Kier alpha value is -0.450. The maximum atomic E-state index is 12.6. The lowest BCUT2D eigenvalue weighted by Crippen LogP contribution is -2.68. The Morgan fingerprint density at radius 1 is 0.889 bits per heavy atom. The highest BCUT2D eigenvalue weighted by Crippen LogP contribution is 2.70. The Morgan fingerprint density at radius 2 is 1.56 bits per heavy atom. The van der Waals surface area contributed by atoms with E-state index in [9.17, 15) is 43.6 Å². The first-order valence-electron chi connectivity index (χ1n) is 16.9. The minimum absolute atomic E-state index is 0.0982. The van der Waals surface area contributed by atoms with Gasteiger partial charge in [0.1, 0.15) is 18.3 Å². The van der Waals surface area contributed by atoms with E-state index in [1.165, 1.54) is 0 Å². The Balaban J connectivity index is 1.29. The molecule has 4 saturated carbocycles. The Bertz CT molecular complexity index is 1150. The zero-order valence-electron chi connectivity index (χ0n) is 27.2. The molecule has 5 aliphatic rings. The van der Waals surface area contributed by atoms with E-state index in [-0.39, 0.29) is 60.6 Å². The highest BCUT2D eigenvalue weighted by atomic mass is 32.3. The van der Waals surface area contributed by atoms with Crippen LogP contribution in [0, 0.1) is 46.3 Å². The monoisotopic (exact) mass is 664 g/mol. The van der Waals surface area contributed by atoms with Crippen molar-refractivity contribution in [2.24, 2.45) is 46.3 Å². The largest absolute Gasteiger partial charge is 0.397 e. The molecule has 0 radical (unpaired) electrons. The molecule has 0 bridgehead atoms. The molecule has 0 aromatic rings. The van der Waals surface area contributed by atoms with Crippen molar-refractivity contribution in [3.8, 4) is 0 Å². The second-order valence-electron chi connectivity index (χ2n) is 16.0. The van der Waals surface area contributed by atoms with E-state index in [1.807, 2.05) is 13.8 Å². The van der Waals surface area contributed by atoms with Crippen LogP contribution < -0.4 is 0 Å². The van der Waals surface area contributed by atoms with Crippen molar-refractivity contribution in [3.05, 3.63) is 0 Å². The molecule has 0 spiro atoms. The van der Waals surface area contributed by atoms with E-state index in [0.717, 1.165) is 19.3 Å². The zero-order chi connectivity index (χ0) is 33.3. The molecule has 0 amide bonds. The molecule has 4 aliphatic carbocycles. The first kappa shape index (κ1) is 35.8. The summed E-state index contributed by atoms with van der Waals surface area (Å²) in [5.74, 6) is -0.516. The molecule has 8 unspecified atom stereocenters. The maximum Gasteiger partial charge on any atom is 0.397 e. The average Bonchev–Trinajstić information content (AvgIpc) is 3.21. The van der Waals surface area contributed by atoms with Gasteiger partial charge in [0.2, 0.25) is 0 Å². The molecule has 1 saturated heterocycles. The maximum absolute atomic E-state index is 12.6. The normalized spacial score (nSPS) is 50.0. The van der Waals surface area contributed by atoms with E-state index in [2.05, 4.69) is 20.8 Å². The summed E-state index contributed by atoms with van der Waals surface area (Å²) in [6, 6.07) is 0. The number of hydrogen-bond donors (Lipinski definition) is 7. The standard InChI is InChI=1S/C32H56O12S/c1-16(2)24(43-29-27(37)26(36)23(35)15-42-29)7-6-17(3)19-13-21(33)28-31(19,5)11-9-25-30(4)10-8-18(44-45(39,40)41)12-20(30)22(34)14-32(25,28)38/h16-29,33-38H,6-15H2,1-5H3,(H,39,40,41)/t17-,18+,19-,20?,21?,22+,23?,24+,25?,26?,27?,28?,29?,30+,31-,32+/m1/s1. The van der Waals surface area contributed by atoms with Gasteiger partial charge in [0, 0.05) is 12.3 Å². The second-order valence-corrected chi connectivity index (χ2v) is 17.1. The van der Waals surface area contributed by atoms with Gasteiger partial charge in [0.15, 0.2) is 6.29 Å². The Labute approximate surface area is 267 Å². The van der Waals surface area contributed by atoms with Crippen molar-refractivity contribution in [1.82, 2.24) is 0 Å². The molecule has 0 aromatic heterocycles. The third kappa shape index (κ3) is 6.50. The molecule has 5 fully saturated rings. The van der Waals surface area contributed by atoms with Crippen molar-refractivity contribution in [2.45, 2.75) is 147 Å². The molecule has 12 nitrogen and oxygen atoms in total. The van der Waals surface area contributed by atoms with Crippen LogP contribution in [-0.4, -0.2) is 105 Å². The van der Waals surface area contributed by atoms with Gasteiger partial charge in [-0.15, -0.1) is 0 Å². The Kier molecular flexibility index (Phi) is 10.2. The van der Waals surface area contributed by atoms with Gasteiger partial charge in [-0.05, 0) is 91.8 Å². The fraction of sp³-hybridized carbons (Fsp3) is 1.00. The predicted molar refractivity (Wildman–Crippen MR) is 162 cm³/mol. The summed E-state index contributed by atoms with van der Waals surface area (Å²) in [5, 5.41) is 66.0. The van der Waals surface area contributed by atoms with Gasteiger partial charge in [0.05, 0.1) is 36.6 Å². The van der Waals surface area contributed by atoms with Crippen molar-refractivity contribution in [1.29, 1.82) is 0 Å². The first-order valence-corrected chi connectivity index (χ1v) is 18.2. The topological polar surface area (TPSA) is 203 Å². The number of aliphatic hydroxyl groups is 6. The minimum Gasteiger partial charge on any atom is -0.393 e. The van der Waals surface area contributed by atoms with Crippen molar-refractivity contribution >= 4 is 10.4 Å². The van der Waals surface area contributed by atoms with Crippen LogP contribution in [-0.2, 0) is 24.1 Å². The average molecular weight is 665 g/mol. The molecule has 1 aliphatic heterocycles. The summed E-state index contributed by atoms with van der Waals surface area (Å²) in [4.78, 5) is 0. The molecule has 5 rings (SSSR count). The second kappa shape index (κ2) is 12.8. The highest BCUT2D eigenvalue weighted by molar-refractivity contribution is 7.80. The van der Waals surface area contributed by atoms with Gasteiger partial charge in [-0.2, -0.15) is 8.42 Å². The third-order valence-corrected chi connectivity index (χ3v) is 13.6. The zero-order valence-corrected chi connectivity index (χ0v) is 28.1. The van der Waals surface area contributed by atoms with Crippen molar-refractivity contribution in [3.63, 3.8) is 0 Å². The van der Waals surface area contributed by atoms with E-state index >= 15 is 0 Å². The molecular formula is C32H56O12S. The van der Waals surface area contributed by atoms with Gasteiger partial charge in [0.25, 0.3) is 0 Å². The quantitative estimate of drug-likeness (QED) is 0.176. The number of fused-ring (bicyclic) bond motifs is 5. The van der Waals surface area contributed by atoms with Crippen LogP contribution in [0.25, 0.3) is 0 Å². The molecule has 13 heteroatoms. The molecule has 16 atom stereocenters. The summed E-state index contributed by atoms with van der Waals surface area (Å²) >= 11 is 0. The number of hydrogen-bond acceptors (Lipinski definition) is 11. The van der Waals surface area contributed by atoms with Crippen LogP contribution >= 0.6 is 0 Å². The fourth-order valence-corrected chi connectivity index (χ4v) is 11.4. The van der Waals surface area contributed by atoms with E-state index in [4.69, 9.17) is 13.7 Å². The lowest BCUT2D eigenvalue weighted by atomic mass is 9.42. The van der Waals surface area contributed by atoms with Gasteiger partial charge in [-0.3, -0.25) is 4.55 Å². The SMILES string of the molecule is CC(C)[C@H](CC[C@@H](C)[C@H]1CC(O)C2[C@]3(O)C[C@H](O)C4C[C@@H](OS(=O)(=O)O)CC[C@]4(C)C3CC[C@@]21C)OC1OCC(O)C(O)C1O. The van der Waals surface area contributed by atoms with Crippen LogP contribution in [0.3, 0.4) is 0 Å². The third-order valence-electron chi connectivity index (χ3n) is 13.1. The van der Waals surface area contributed by atoms with Gasteiger partial charge in [-0.1, -0.05) is 34.6 Å². The van der Waals surface area contributed by atoms with Crippen molar-refractivity contribution < 1.29 is 57.3 Å². The van der Waals surface area contributed by atoms with Crippen LogP contribution in [0.1, 0.15) is 92.4 Å². The summed E-state index contributed by atoms with van der Waals surface area (Å²) in [5.41, 5.74) is -2.13. The van der Waals surface area contributed by atoms with Crippen LogP contribution in [0.4, 0.5) is 0 Å². The van der Waals surface area contributed by atoms with E-state index < -0.39 is 70.2 Å². The van der Waals surface area contributed by atoms with Gasteiger partial charge >= 0.3 is 10.4 Å². The van der Waals surface area contributed by atoms with Crippen molar-refractivity contribution in [2.75, 3.05) is 6.61 Å². The summed E-state index contributed by atoms with van der Waals surface area (Å²) < 4.78 is 48.5.